The van der Waals surface area contributed by atoms with E-state index in [9.17, 15) is 9.90 Å². The van der Waals surface area contributed by atoms with Gasteiger partial charge in [-0.15, -0.1) is 18.9 Å². The zero-order valence-electron chi connectivity index (χ0n) is 21.6. The Labute approximate surface area is 222 Å². The first-order valence-electron chi connectivity index (χ1n) is 10.2. The molecule has 7 heteroatoms. The minimum Gasteiger partial charge on any atom is -0.675 e. The summed E-state index contributed by atoms with van der Waals surface area (Å²) in [6.07, 6.45) is 20.9. The van der Waals surface area contributed by atoms with Gasteiger partial charge in [-0.05, 0) is 37.1 Å². The van der Waals surface area contributed by atoms with Gasteiger partial charge in [-0.1, -0.05) is 70.6 Å². The first-order valence-corrected chi connectivity index (χ1v) is 10.2. The standard InChI is InChI=1S/C14H13NO2.C6H12N.C3H8.C2H2.2CH3.2H2O.Pt/c1-3-5-11-9(2)13-10(6-4-7-15-13)8-12(11)14(16)17;7-6-4-2-1-3-5-6;1-3-2;1-2;;;;;/h3-8H,1-2H3,(H,16,17);6-7H,1-5H2;3H2,1-2H3;1-2H;2*1H3;2*1H2;/q;-1;;;2*-1;;;/b5-3-;;;;;;;;. The van der Waals surface area contributed by atoms with Gasteiger partial charge in [-0.3, -0.25) is 4.98 Å². The normalized spacial score (nSPS) is 11.4. The van der Waals surface area contributed by atoms with Crippen molar-refractivity contribution in [2.45, 2.75) is 72.3 Å². The third-order valence-electron chi connectivity index (χ3n) is 4.36. The van der Waals surface area contributed by atoms with E-state index in [-0.39, 0.29) is 52.9 Å². The summed E-state index contributed by atoms with van der Waals surface area (Å²) in [5, 5.41) is 10.1. The van der Waals surface area contributed by atoms with Crippen molar-refractivity contribution in [3.8, 4) is 12.8 Å². The third kappa shape index (κ3) is 15.7. The molecule has 200 valence electrons. The van der Waals surface area contributed by atoms with Gasteiger partial charge in [0.25, 0.3) is 0 Å². The molecule has 0 amide bonds. The molecule has 0 atom stereocenters. The Balaban J connectivity index is -0.0000000990. The number of rotatable bonds is 2. The number of pyridine rings is 1. The van der Waals surface area contributed by atoms with Crippen molar-refractivity contribution in [3.63, 3.8) is 0 Å². The van der Waals surface area contributed by atoms with Gasteiger partial charge < -0.3 is 36.6 Å². The molecule has 1 aliphatic rings. The average molecular weight is 657 g/mol. The fraction of sp³-hybridized carbons (Fsp3) is 0.407. The molecule has 1 aliphatic carbocycles. The summed E-state index contributed by atoms with van der Waals surface area (Å²) >= 11 is 0. The number of fused-ring (bicyclic) bond motifs is 1. The molecule has 2 aromatic rings. The first kappa shape index (κ1) is 45.5. The fourth-order valence-corrected chi connectivity index (χ4v) is 3.07. The maximum absolute atomic E-state index is 11.2. The summed E-state index contributed by atoms with van der Waals surface area (Å²) in [7, 11) is 0. The topological polar surface area (TPSA) is 137 Å². The number of terminal acetylenes is 1. The molecule has 1 saturated carbocycles. The number of allylic oxidation sites excluding steroid dienone is 1. The van der Waals surface area contributed by atoms with Gasteiger partial charge in [0.1, 0.15) is 0 Å². The maximum atomic E-state index is 11.2. The molecule has 0 radical (unpaired) electrons. The van der Waals surface area contributed by atoms with Gasteiger partial charge in [-0.25, -0.2) is 4.79 Å². The van der Waals surface area contributed by atoms with E-state index in [1.165, 1.54) is 25.7 Å². The number of nitrogens with one attached hydrogen (secondary N) is 1. The molecule has 1 fully saturated rings. The van der Waals surface area contributed by atoms with Crippen LogP contribution < -0.4 is 0 Å². The van der Waals surface area contributed by atoms with E-state index in [1.807, 2.05) is 38.1 Å². The first-order chi connectivity index (χ1) is 14.0. The van der Waals surface area contributed by atoms with E-state index in [1.54, 1.807) is 12.3 Å². The van der Waals surface area contributed by atoms with Crippen molar-refractivity contribution in [2.24, 2.45) is 0 Å². The van der Waals surface area contributed by atoms with Crippen LogP contribution in [0.3, 0.4) is 0 Å². The number of nitrogens with zero attached hydrogens (tertiary/aromatic N) is 1. The Morgan fingerprint density at radius 1 is 1.18 bits per heavy atom. The SMILES string of the molecule is C#C.C/C=C\c1c(C(=O)O)cc2cccnc2c1C.CCC.O.O.[CH3-].[CH3-].[NH-]C1CCCCC1.[Pt]. The number of carbonyl (C=O) groups is 1. The smallest absolute Gasteiger partial charge is 0.336 e. The number of aryl methyl sites for hydroxylation is 1. The summed E-state index contributed by atoms with van der Waals surface area (Å²) < 4.78 is 0. The van der Waals surface area contributed by atoms with Crippen molar-refractivity contribution >= 4 is 22.9 Å². The second-order valence-electron chi connectivity index (χ2n) is 6.89. The number of hydrogen-bond donors (Lipinski definition) is 1. The van der Waals surface area contributed by atoms with Crippen molar-refractivity contribution in [3.05, 3.63) is 67.7 Å². The number of aromatic carboxylic acids is 1. The summed E-state index contributed by atoms with van der Waals surface area (Å²) in [5.41, 5.74) is 10.1. The van der Waals surface area contributed by atoms with Crippen LogP contribution in [0.5, 0.6) is 0 Å². The van der Waals surface area contributed by atoms with Crippen molar-refractivity contribution < 1.29 is 41.9 Å². The van der Waals surface area contributed by atoms with Gasteiger partial charge in [0, 0.05) is 32.6 Å². The predicted octanol–water partition coefficient (Wildman–Crippen LogP) is 6.56. The molecule has 0 unspecified atom stereocenters. The van der Waals surface area contributed by atoms with Crippen LogP contribution in [0.25, 0.3) is 22.7 Å². The summed E-state index contributed by atoms with van der Waals surface area (Å²) in [6.45, 7) is 8.02. The summed E-state index contributed by atoms with van der Waals surface area (Å²) in [5.74, 6) is -0.910. The van der Waals surface area contributed by atoms with Crippen LogP contribution in [0.4, 0.5) is 0 Å². The van der Waals surface area contributed by atoms with Gasteiger partial charge >= 0.3 is 5.97 Å². The van der Waals surface area contributed by atoms with E-state index in [2.05, 4.69) is 31.7 Å². The predicted molar refractivity (Wildman–Crippen MR) is 145 cm³/mol. The molecular formula is C27H45N2O4Pt-3. The van der Waals surface area contributed by atoms with Crippen LogP contribution in [0.2, 0.25) is 0 Å². The molecule has 0 spiro atoms. The van der Waals surface area contributed by atoms with Crippen molar-refractivity contribution in [2.75, 3.05) is 0 Å². The monoisotopic (exact) mass is 656 g/mol. The van der Waals surface area contributed by atoms with Crippen LogP contribution >= 0.6 is 0 Å². The van der Waals surface area contributed by atoms with Gasteiger partial charge in [-0.2, -0.15) is 0 Å². The fourth-order valence-electron chi connectivity index (χ4n) is 3.07. The molecule has 3 rings (SSSR count). The van der Waals surface area contributed by atoms with E-state index in [0.29, 0.717) is 5.56 Å². The summed E-state index contributed by atoms with van der Waals surface area (Å²) in [6, 6.07) is 5.64. The molecule has 34 heavy (non-hydrogen) atoms. The Bertz CT molecular complexity index is 802. The van der Waals surface area contributed by atoms with E-state index in [4.69, 9.17) is 5.73 Å². The number of hydrogen-bond acceptors (Lipinski definition) is 2. The van der Waals surface area contributed by atoms with Crippen LogP contribution in [0, 0.1) is 34.6 Å². The Morgan fingerprint density at radius 2 is 1.68 bits per heavy atom. The largest absolute Gasteiger partial charge is 0.675 e. The van der Waals surface area contributed by atoms with Gasteiger partial charge in [0.2, 0.25) is 0 Å². The van der Waals surface area contributed by atoms with E-state index >= 15 is 0 Å². The average Bonchev–Trinajstić information content (AvgIpc) is 2.73. The number of carboxylic acids is 1. The summed E-state index contributed by atoms with van der Waals surface area (Å²) in [4.78, 5) is 15.5. The molecule has 0 saturated heterocycles. The molecule has 1 aromatic heterocycles. The minimum absolute atomic E-state index is 0. The molecular weight excluding hydrogens is 611 g/mol. The zero-order chi connectivity index (χ0) is 22.2. The maximum Gasteiger partial charge on any atom is 0.336 e. The molecule has 1 aromatic carbocycles. The third-order valence-corrected chi connectivity index (χ3v) is 4.36. The Morgan fingerprint density at radius 3 is 2.06 bits per heavy atom. The second-order valence-corrected chi connectivity index (χ2v) is 6.89. The molecule has 1 heterocycles. The minimum atomic E-state index is -0.910. The van der Waals surface area contributed by atoms with E-state index in [0.717, 1.165) is 34.9 Å². The van der Waals surface area contributed by atoms with Crippen molar-refractivity contribution in [1.29, 1.82) is 0 Å². The molecule has 0 aliphatic heterocycles. The molecule has 6 nitrogen and oxygen atoms in total. The zero-order valence-corrected chi connectivity index (χ0v) is 23.8. The molecule has 0 bridgehead atoms. The Kier molecular flexibility index (Phi) is 36.4. The quantitative estimate of drug-likeness (QED) is 0.290. The van der Waals surface area contributed by atoms with Crippen molar-refractivity contribution in [1.82, 2.24) is 4.98 Å². The van der Waals surface area contributed by atoms with Crippen LogP contribution in [-0.4, -0.2) is 33.1 Å². The number of benzene rings is 1. The van der Waals surface area contributed by atoms with Crippen LogP contribution in [0.1, 0.15) is 80.8 Å². The Hall–Kier alpha value is -2.03. The van der Waals surface area contributed by atoms with Gasteiger partial charge in [0.05, 0.1) is 11.1 Å². The number of carboxylic acid groups (broad SMARTS) is 1. The van der Waals surface area contributed by atoms with Crippen LogP contribution in [0.15, 0.2) is 30.5 Å². The second kappa shape index (κ2) is 27.2. The van der Waals surface area contributed by atoms with Gasteiger partial charge in [0.15, 0.2) is 0 Å². The molecule has 6 N–H and O–H groups in total. The van der Waals surface area contributed by atoms with Crippen LogP contribution in [-0.2, 0) is 21.1 Å². The number of aromatic nitrogens is 1. The van der Waals surface area contributed by atoms with E-state index < -0.39 is 5.97 Å².